The number of amides is 1. The van der Waals surface area contributed by atoms with Gasteiger partial charge in [0.25, 0.3) is 5.91 Å². The maximum absolute atomic E-state index is 12.9. The molecular formula is C18H16FN3O3. The first-order chi connectivity index (χ1) is 12.0. The van der Waals surface area contributed by atoms with Crippen LogP contribution in [0.25, 0.3) is 11.5 Å². The van der Waals surface area contributed by atoms with Crippen LogP contribution in [0.4, 0.5) is 4.39 Å². The molecule has 25 heavy (non-hydrogen) atoms. The Balaban J connectivity index is 1.60. The zero-order valence-electron chi connectivity index (χ0n) is 13.4. The number of aliphatic hydroxyl groups excluding tert-OH is 1. The van der Waals surface area contributed by atoms with Gasteiger partial charge >= 0.3 is 0 Å². The van der Waals surface area contributed by atoms with Crippen LogP contribution in [0, 0.1) is 12.7 Å². The summed E-state index contributed by atoms with van der Waals surface area (Å²) >= 11 is 0. The van der Waals surface area contributed by atoms with Gasteiger partial charge < -0.3 is 14.8 Å². The fourth-order valence-electron chi connectivity index (χ4n) is 2.27. The maximum Gasteiger partial charge on any atom is 0.251 e. The number of nitrogens with one attached hydrogen (secondary N) is 1. The lowest BCUT2D eigenvalue weighted by Crippen LogP contribution is -2.28. The first-order valence-corrected chi connectivity index (χ1v) is 7.65. The molecule has 0 radical (unpaired) electrons. The lowest BCUT2D eigenvalue weighted by Gasteiger charge is -2.12. The third-order valence-corrected chi connectivity index (χ3v) is 3.63. The molecule has 2 aromatic carbocycles. The van der Waals surface area contributed by atoms with Crippen LogP contribution in [0.3, 0.4) is 0 Å². The molecule has 1 unspecified atom stereocenters. The molecule has 0 saturated carbocycles. The van der Waals surface area contributed by atoms with Crippen LogP contribution in [-0.4, -0.2) is 27.8 Å². The number of benzene rings is 2. The topological polar surface area (TPSA) is 88.2 Å². The Morgan fingerprint density at radius 3 is 2.44 bits per heavy atom. The smallest absolute Gasteiger partial charge is 0.251 e. The third-order valence-electron chi connectivity index (χ3n) is 3.63. The minimum atomic E-state index is -0.912. The Morgan fingerprint density at radius 1 is 1.16 bits per heavy atom. The van der Waals surface area contributed by atoms with E-state index in [-0.39, 0.29) is 18.3 Å². The predicted molar refractivity (Wildman–Crippen MR) is 88.2 cm³/mol. The quantitative estimate of drug-likeness (QED) is 0.745. The van der Waals surface area contributed by atoms with Gasteiger partial charge in [-0.3, -0.25) is 4.79 Å². The summed E-state index contributed by atoms with van der Waals surface area (Å²) in [6.45, 7) is 1.72. The molecule has 2 N–H and O–H groups in total. The van der Waals surface area contributed by atoms with Gasteiger partial charge in [-0.05, 0) is 42.0 Å². The average Bonchev–Trinajstić information content (AvgIpc) is 3.06. The van der Waals surface area contributed by atoms with Crippen LogP contribution < -0.4 is 5.32 Å². The van der Waals surface area contributed by atoms with Crippen molar-refractivity contribution in [2.45, 2.75) is 13.0 Å². The molecule has 3 aromatic rings. The van der Waals surface area contributed by atoms with Gasteiger partial charge in [0, 0.05) is 24.6 Å². The zero-order valence-corrected chi connectivity index (χ0v) is 13.4. The van der Waals surface area contributed by atoms with E-state index < -0.39 is 6.10 Å². The van der Waals surface area contributed by atoms with Crippen molar-refractivity contribution in [3.8, 4) is 11.5 Å². The molecule has 1 aromatic heterocycles. The van der Waals surface area contributed by atoms with E-state index in [4.69, 9.17) is 4.42 Å². The Labute approximate surface area is 143 Å². The molecule has 0 spiro atoms. The molecule has 0 aliphatic rings. The Hall–Kier alpha value is -3.06. The number of carbonyl (C=O) groups is 1. The van der Waals surface area contributed by atoms with Crippen LogP contribution in [0.15, 0.2) is 52.9 Å². The van der Waals surface area contributed by atoms with Gasteiger partial charge in [-0.1, -0.05) is 12.1 Å². The van der Waals surface area contributed by atoms with Crippen molar-refractivity contribution >= 4 is 5.91 Å². The van der Waals surface area contributed by atoms with Crippen molar-refractivity contribution in [1.82, 2.24) is 15.5 Å². The van der Waals surface area contributed by atoms with Crippen molar-refractivity contribution in [3.63, 3.8) is 0 Å². The minimum Gasteiger partial charge on any atom is -0.421 e. The summed E-state index contributed by atoms with van der Waals surface area (Å²) in [4.78, 5) is 12.2. The van der Waals surface area contributed by atoms with E-state index in [2.05, 4.69) is 15.5 Å². The number of nitrogens with zero attached hydrogens (tertiary/aromatic N) is 2. The summed E-state index contributed by atoms with van der Waals surface area (Å²) in [6, 6.07) is 12.2. The minimum absolute atomic E-state index is 0.0229. The normalized spacial score (nSPS) is 12.0. The molecule has 7 heteroatoms. The van der Waals surface area contributed by atoms with Crippen molar-refractivity contribution in [2.75, 3.05) is 6.54 Å². The van der Waals surface area contributed by atoms with E-state index in [1.165, 1.54) is 24.3 Å². The molecule has 128 valence electrons. The zero-order chi connectivity index (χ0) is 17.8. The van der Waals surface area contributed by atoms with Gasteiger partial charge in [-0.2, -0.15) is 0 Å². The molecule has 1 atom stereocenters. The number of aliphatic hydroxyl groups is 1. The summed E-state index contributed by atoms with van der Waals surface area (Å²) in [6.07, 6.45) is -0.912. The van der Waals surface area contributed by atoms with E-state index in [1.807, 2.05) is 0 Å². The number of hydrogen-bond donors (Lipinski definition) is 2. The highest BCUT2D eigenvalue weighted by atomic mass is 19.1. The van der Waals surface area contributed by atoms with Crippen molar-refractivity contribution in [2.24, 2.45) is 0 Å². The summed E-state index contributed by atoms with van der Waals surface area (Å²) in [7, 11) is 0. The number of halogens is 1. The summed E-state index contributed by atoms with van der Waals surface area (Å²) in [5.41, 5.74) is 1.68. The summed E-state index contributed by atoms with van der Waals surface area (Å²) in [5.74, 6) is 0.147. The maximum atomic E-state index is 12.9. The molecule has 3 rings (SSSR count). The number of hydrogen-bond acceptors (Lipinski definition) is 5. The second kappa shape index (κ2) is 7.23. The number of aryl methyl sites for hydroxylation is 1. The molecule has 0 aliphatic heterocycles. The van der Waals surface area contributed by atoms with Gasteiger partial charge in [0.05, 0.1) is 6.10 Å². The molecule has 0 bridgehead atoms. The lowest BCUT2D eigenvalue weighted by atomic mass is 10.1. The first kappa shape index (κ1) is 16.8. The van der Waals surface area contributed by atoms with Crippen molar-refractivity contribution in [3.05, 3.63) is 71.4 Å². The lowest BCUT2D eigenvalue weighted by molar-refractivity contribution is 0.0916. The fourth-order valence-corrected chi connectivity index (χ4v) is 2.27. The summed E-state index contributed by atoms with van der Waals surface area (Å²) < 4.78 is 18.2. The summed E-state index contributed by atoms with van der Waals surface area (Å²) in [5, 5.41) is 20.3. The number of rotatable bonds is 5. The van der Waals surface area contributed by atoms with E-state index in [9.17, 15) is 14.3 Å². The number of aromatic nitrogens is 2. The van der Waals surface area contributed by atoms with Gasteiger partial charge in [0.2, 0.25) is 11.8 Å². The monoisotopic (exact) mass is 341 g/mol. The van der Waals surface area contributed by atoms with Crippen LogP contribution in [-0.2, 0) is 0 Å². The molecule has 6 nitrogen and oxygen atoms in total. The third kappa shape index (κ3) is 4.07. The predicted octanol–water partition coefficient (Wildman–Crippen LogP) is 2.65. The molecule has 1 amide bonds. The van der Waals surface area contributed by atoms with E-state index in [0.717, 1.165) is 0 Å². The second-order valence-electron chi connectivity index (χ2n) is 5.48. The van der Waals surface area contributed by atoms with E-state index in [0.29, 0.717) is 28.5 Å². The van der Waals surface area contributed by atoms with Crippen LogP contribution in [0.1, 0.15) is 27.9 Å². The van der Waals surface area contributed by atoms with Crippen LogP contribution in [0.2, 0.25) is 0 Å². The SMILES string of the molecule is Cc1nnc(-c2ccc(C(=O)NCC(O)c3ccc(F)cc3)cc2)o1. The standard InChI is InChI=1S/C18H16FN3O3/c1-11-21-22-18(25-11)14-4-2-13(3-5-14)17(24)20-10-16(23)12-6-8-15(19)9-7-12/h2-9,16,23H,10H2,1H3,(H,20,24). The molecule has 0 fully saturated rings. The Morgan fingerprint density at radius 2 is 1.84 bits per heavy atom. The highest BCUT2D eigenvalue weighted by molar-refractivity contribution is 5.94. The average molecular weight is 341 g/mol. The molecule has 1 heterocycles. The molecule has 0 saturated heterocycles. The van der Waals surface area contributed by atoms with Crippen molar-refractivity contribution < 1.29 is 18.7 Å². The first-order valence-electron chi connectivity index (χ1n) is 7.65. The second-order valence-corrected chi connectivity index (χ2v) is 5.48. The molecular weight excluding hydrogens is 325 g/mol. The fraction of sp³-hybridized carbons (Fsp3) is 0.167. The van der Waals surface area contributed by atoms with Crippen LogP contribution >= 0.6 is 0 Å². The highest BCUT2D eigenvalue weighted by Crippen LogP contribution is 2.18. The molecule has 0 aliphatic carbocycles. The van der Waals surface area contributed by atoms with Crippen LogP contribution in [0.5, 0.6) is 0 Å². The largest absolute Gasteiger partial charge is 0.421 e. The van der Waals surface area contributed by atoms with Gasteiger partial charge in [-0.15, -0.1) is 10.2 Å². The van der Waals surface area contributed by atoms with E-state index >= 15 is 0 Å². The van der Waals surface area contributed by atoms with Crippen molar-refractivity contribution in [1.29, 1.82) is 0 Å². The Bertz CT molecular complexity index is 860. The Kier molecular flexibility index (Phi) is 4.85. The van der Waals surface area contributed by atoms with E-state index in [1.54, 1.807) is 31.2 Å². The highest BCUT2D eigenvalue weighted by Gasteiger charge is 2.12. The van der Waals surface area contributed by atoms with Gasteiger partial charge in [0.1, 0.15) is 5.82 Å². The van der Waals surface area contributed by atoms with Gasteiger partial charge in [0.15, 0.2) is 0 Å². The van der Waals surface area contributed by atoms with Gasteiger partial charge in [-0.25, -0.2) is 4.39 Å². The number of carbonyl (C=O) groups excluding carboxylic acids is 1.